The summed E-state index contributed by atoms with van der Waals surface area (Å²) in [4.78, 5) is 2.35. The molecule has 8 aromatic carbocycles. The Balaban J connectivity index is 1.15. The molecule has 0 aliphatic heterocycles. The molecule has 0 saturated carbocycles. The molecular weight excluding hydrogens is 621 g/mol. The number of nitrogens with zero attached hydrogens (tertiary/aromatic N) is 2. The Kier molecular flexibility index (Phi) is 6.81. The van der Waals surface area contributed by atoms with Crippen molar-refractivity contribution in [2.45, 2.75) is 0 Å². The van der Waals surface area contributed by atoms with Gasteiger partial charge in [0, 0.05) is 50.2 Å². The van der Waals surface area contributed by atoms with E-state index in [2.05, 4.69) is 191 Å². The average molecular weight is 653 g/mol. The zero-order chi connectivity index (χ0) is 33.7. The van der Waals surface area contributed by atoms with Crippen molar-refractivity contribution in [3.8, 4) is 27.9 Å². The fraction of sp³-hybridized carbons (Fsp3) is 0. The second kappa shape index (κ2) is 11.9. The third-order valence-corrected chi connectivity index (χ3v) is 9.99. The van der Waals surface area contributed by atoms with Gasteiger partial charge in [-0.2, -0.15) is 0 Å². The second-order valence-electron chi connectivity index (χ2n) is 13.0. The summed E-state index contributed by atoms with van der Waals surface area (Å²) in [5.41, 5.74) is 13.1. The quantitative estimate of drug-likeness (QED) is 0.178. The molecule has 51 heavy (non-hydrogen) atoms. The topological polar surface area (TPSA) is 21.3 Å². The summed E-state index contributed by atoms with van der Waals surface area (Å²) in [6.07, 6.45) is 0. The van der Waals surface area contributed by atoms with Gasteiger partial charge in [0.1, 0.15) is 11.2 Å². The Morgan fingerprint density at radius 3 is 1.75 bits per heavy atom. The highest BCUT2D eigenvalue weighted by Gasteiger charge is 2.20. The summed E-state index contributed by atoms with van der Waals surface area (Å²) >= 11 is 0. The monoisotopic (exact) mass is 652 g/mol. The molecule has 10 rings (SSSR count). The van der Waals surface area contributed by atoms with Gasteiger partial charge in [-0.05, 0) is 77.4 Å². The lowest BCUT2D eigenvalue weighted by atomic mass is 10.00. The van der Waals surface area contributed by atoms with Crippen LogP contribution in [0.4, 0.5) is 17.1 Å². The predicted molar refractivity (Wildman–Crippen MR) is 214 cm³/mol. The van der Waals surface area contributed by atoms with Crippen molar-refractivity contribution in [2.24, 2.45) is 0 Å². The summed E-state index contributed by atoms with van der Waals surface area (Å²) in [5.74, 6) is 0. The molecule has 2 aromatic heterocycles. The van der Waals surface area contributed by atoms with Crippen LogP contribution in [0.5, 0.6) is 0 Å². The Hall–Kier alpha value is -6.84. The van der Waals surface area contributed by atoms with Crippen LogP contribution < -0.4 is 4.90 Å². The van der Waals surface area contributed by atoms with E-state index in [1.54, 1.807) is 0 Å². The summed E-state index contributed by atoms with van der Waals surface area (Å²) in [6.45, 7) is 0. The van der Waals surface area contributed by atoms with E-state index in [4.69, 9.17) is 4.42 Å². The molecule has 0 fully saturated rings. The molecule has 0 atom stereocenters. The van der Waals surface area contributed by atoms with E-state index in [1.165, 1.54) is 32.9 Å². The van der Waals surface area contributed by atoms with Crippen molar-refractivity contribution in [1.29, 1.82) is 0 Å². The van der Waals surface area contributed by atoms with Gasteiger partial charge < -0.3 is 13.9 Å². The van der Waals surface area contributed by atoms with Gasteiger partial charge in [0.25, 0.3) is 0 Å². The third-order valence-electron chi connectivity index (χ3n) is 9.99. The van der Waals surface area contributed by atoms with Gasteiger partial charge >= 0.3 is 0 Å². The number of benzene rings is 8. The zero-order valence-electron chi connectivity index (χ0n) is 27.8. The molecule has 10 aromatic rings. The minimum Gasteiger partial charge on any atom is -0.456 e. The minimum absolute atomic E-state index is 0.866. The van der Waals surface area contributed by atoms with Crippen LogP contribution in [-0.2, 0) is 0 Å². The molecule has 0 aliphatic carbocycles. The summed E-state index contributed by atoms with van der Waals surface area (Å²) < 4.78 is 8.79. The number of rotatable bonds is 6. The van der Waals surface area contributed by atoms with E-state index in [9.17, 15) is 0 Å². The highest BCUT2D eigenvalue weighted by atomic mass is 16.3. The average Bonchev–Trinajstić information content (AvgIpc) is 3.74. The molecule has 0 aliphatic rings. The zero-order valence-corrected chi connectivity index (χ0v) is 27.8. The molecule has 0 saturated heterocycles. The van der Waals surface area contributed by atoms with Crippen molar-refractivity contribution >= 4 is 60.8 Å². The molecule has 0 radical (unpaired) electrons. The fourth-order valence-electron chi connectivity index (χ4n) is 7.64. The van der Waals surface area contributed by atoms with E-state index < -0.39 is 0 Å². The van der Waals surface area contributed by atoms with E-state index >= 15 is 0 Å². The standard InChI is InChI=1S/C48H32N2O/c1-2-13-33(14-3-1)34-25-27-36(28-26-34)49(38-29-30-43-42-20-7-11-24-47(42)51-48(43)32-38)44-21-8-4-17-39(44)35-15-12-16-37(31-35)50-45-22-9-5-18-40(45)41-19-6-10-23-46(41)50/h1-32H. The van der Waals surface area contributed by atoms with Crippen molar-refractivity contribution in [2.75, 3.05) is 4.90 Å². The number of hydrogen-bond donors (Lipinski definition) is 0. The molecule has 0 unspecified atom stereocenters. The molecule has 3 nitrogen and oxygen atoms in total. The highest BCUT2D eigenvalue weighted by Crippen LogP contribution is 2.43. The van der Waals surface area contributed by atoms with Crippen molar-refractivity contribution in [1.82, 2.24) is 4.57 Å². The third kappa shape index (κ3) is 4.90. The lowest BCUT2D eigenvalue weighted by Gasteiger charge is -2.28. The van der Waals surface area contributed by atoms with Crippen LogP contribution in [0.3, 0.4) is 0 Å². The van der Waals surface area contributed by atoms with Crippen LogP contribution in [0, 0.1) is 0 Å². The van der Waals surface area contributed by atoms with E-state index in [1.807, 2.05) is 12.1 Å². The molecule has 0 bridgehead atoms. The van der Waals surface area contributed by atoms with Crippen LogP contribution in [0.15, 0.2) is 199 Å². The van der Waals surface area contributed by atoms with E-state index in [0.29, 0.717) is 0 Å². The van der Waals surface area contributed by atoms with Crippen LogP contribution in [-0.4, -0.2) is 4.57 Å². The number of fused-ring (bicyclic) bond motifs is 6. The minimum atomic E-state index is 0.866. The first kappa shape index (κ1) is 29.1. The number of para-hydroxylation sites is 4. The summed E-state index contributed by atoms with van der Waals surface area (Å²) in [7, 11) is 0. The van der Waals surface area contributed by atoms with Crippen molar-refractivity contribution in [3.63, 3.8) is 0 Å². The van der Waals surface area contributed by atoms with Gasteiger partial charge in [0.05, 0.1) is 16.7 Å². The maximum Gasteiger partial charge on any atom is 0.137 e. The van der Waals surface area contributed by atoms with E-state index in [-0.39, 0.29) is 0 Å². The maximum absolute atomic E-state index is 6.40. The molecule has 0 spiro atoms. The number of hydrogen-bond acceptors (Lipinski definition) is 2. The molecule has 2 heterocycles. The van der Waals surface area contributed by atoms with Gasteiger partial charge in [-0.25, -0.2) is 0 Å². The Morgan fingerprint density at radius 2 is 0.961 bits per heavy atom. The molecule has 0 N–H and O–H groups in total. The highest BCUT2D eigenvalue weighted by molar-refractivity contribution is 6.09. The maximum atomic E-state index is 6.40. The number of aromatic nitrogens is 1. The van der Waals surface area contributed by atoms with Crippen molar-refractivity contribution < 1.29 is 4.42 Å². The Morgan fingerprint density at radius 1 is 0.373 bits per heavy atom. The smallest absolute Gasteiger partial charge is 0.137 e. The first-order valence-electron chi connectivity index (χ1n) is 17.4. The van der Waals surface area contributed by atoms with Gasteiger partial charge in [-0.3, -0.25) is 0 Å². The van der Waals surface area contributed by atoms with Crippen LogP contribution in [0.25, 0.3) is 71.7 Å². The van der Waals surface area contributed by atoms with Gasteiger partial charge in [-0.15, -0.1) is 0 Å². The predicted octanol–water partition coefficient (Wildman–Crippen LogP) is 13.5. The van der Waals surface area contributed by atoms with Crippen molar-refractivity contribution in [3.05, 3.63) is 194 Å². The van der Waals surface area contributed by atoms with E-state index in [0.717, 1.165) is 55.8 Å². The number of furan rings is 1. The lowest BCUT2D eigenvalue weighted by molar-refractivity contribution is 0.669. The van der Waals surface area contributed by atoms with Crippen LogP contribution in [0.2, 0.25) is 0 Å². The molecule has 240 valence electrons. The van der Waals surface area contributed by atoms with Gasteiger partial charge in [-0.1, -0.05) is 127 Å². The second-order valence-corrected chi connectivity index (χ2v) is 13.0. The number of anilines is 3. The lowest BCUT2D eigenvalue weighted by Crippen LogP contribution is -2.11. The molecule has 0 amide bonds. The largest absolute Gasteiger partial charge is 0.456 e. The van der Waals surface area contributed by atoms with Crippen LogP contribution in [0.1, 0.15) is 0 Å². The molecular formula is C48H32N2O. The SMILES string of the molecule is c1ccc(-c2ccc(N(c3ccc4c(c3)oc3ccccc34)c3ccccc3-c3cccc(-n4c5ccccc5c5ccccc54)c3)cc2)cc1. The summed E-state index contributed by atoms with van der Waals surface area (Å²) in [6, 6.07) is 69.2. The first-order valence-corrected chi connectivity index (χ1v) is 17.4. The normalized spacial score (nSPS) is 11.5. The summed E-state index contributed by atoms with van der Waals surface area (Å²) in [5, 5.41) is 4.75. The van der Waals surface area contributed by atoms with Crippen LogP contribution >= 0.6 is 0 Å². The Labute approximate surface area is 295 Å². The first-order chi connectivity index (χ1) is 25.3. The molecule has 3 heteroatoms. The van der Waals surface area contributed by atoms with Gasteiger partial charge in [0.15, 0.2) is 0 Å². The Bertz CT molecular complexity index is 2810. The fourth-order valence-corrected chi connectivity index (χ4v) is 7.64. The van der Waals surface area contributed by atoms with Gasteiger partial charge in [0.2, 0.25) is 0 Å².